The van der Waals surface area contributed by atoms with Crippen LogP contribution in [0.3, 0.4) is 0 Å². The van der Waals surface area contributed by atoms with Gasteiger partial charge >= 0.3 is 0 Å². The van der Waals surface area contributed by atoms with Crippen LogP contribution >= 0.6 is 11.6 Å². The Labute approximate surface area is 121 Å². The lowest BCUT2D eigenvalue weighted by Crippen LogP contribution is -2.46. The van der Waals surface area contributed by atoms with Crippen LogP contribution < -0.4 is 5.32 Å². The number of aliphatic hydroxyl groups is 1. The van der Waals surface area contributed by atoms with Crippen LogP contribution in [0.1, 0.15) is 44.5 Å². The molecule has 0 aliphatic rings. The van der Waals surface area contributed by atoms with Gasteiger partial charge in [0.25, 0.3) is 0 Å². The molecule has 1 unspecified atom stereocenters. The Kier molecular flexibility index (Phi) is 6.30. The van der Waals surface area contributed by atoms with E-state index in [1.54, 1.807) is 0 Å². The number of halogens is 1. The van der Waals surface area contributed by atoms with Gasteiger partial charge in [-0.15, -0.1) is 0 Å². The summed E-state index contributed by atoms with van der Waals surface area (Å²) >= 11 is 6.13. The molecule has 1 atom stereocenters. The van der Waals surface area contributed by atoms with Crippen molar-refractivity contribution in [3.63, 3.8) is 0 Å². The lowest BCUT2D eigenvalue weighted by molar-refractivity contribution is 0.162. The summed E-state index contributed by atoms with van der Waals surface area (Å²) in [4.78, 5) is 0. The first-order chi connectivity index (χ1) is 8.93. The van der Waals surface area contributed by atoms with Gasteiger partial charge in [-0.3, -0.25) is 4.68 Å². The van der Waals surface area contributed by atoms with Crippen LogP contribution in [0.25, 0.3) is 0 Å². The van der Waals surface area contributed by atoms with Crippen LogP contribution in [0.2, 0.25) is 5.02 Å². The quantitative estimate of drug-likeness (QED) is 0.773. The maximum absolute atomic E-state index is 9.51. The first-order valence-corrected chi connectivity index (χ1v) is 7.36. The normalized spacial score (nSPS) is 14.6. The molecule has 5 heteroatoms. The van der Waals surface area contributed by atoms with Gasteiger partial charge in [-0.25, -0.2) is 0 Å². The summed E-state index contributed by atoms with van der Waals surface area (Å²) in [5.41, 5.74) is 1.70. The smallest absolute Gasteiger partial charge is 0.0844 e. The topological polar surface area (TPSA) is 50.1 Å². The van der Waals surface area contributed by atoms with E-state index in [2.05, 4.69) is 24.3 Å². The number of hydrogen-bond donors (Lipinski definition) is 2. The zero-order chi connectivity index (χ0) is 14.5. The number of aryl methyl sites for hydroxylation is 2. The lowest BCUT2D eigenvalue weighted by atomic mass is 9.96. The van der Waals surface area contributed by atoms with E-state index in [0.717, 1.165) is 48.8 Å². The molecule has 0 aliphatic heterocycles. The number of rotatable bonds is 8. The minimum Gasteiger partial charge on any atom is -0.394 e. The highest BCUT2D eigenvalue weighted by Crippen LogP contribution is 2.20. The van der Waals surface area contributed by atoms with E-state index in [1.165, 1.54) is 0 Å². The molecule has 0 spiro atoms. The number of nitrogens with zero attached hydrogens (tertiary/aromatic N) is 2. The van der Waals surface area contributed by atoms with Crippen LogP contribution in [0.4, 0.5) is 0 Å². The molecule has 1 aromatic rings. The summed E-state index contributed by atoms with van der Waals surface area (Å²) in [5, 5.41) is 18.1. The minimum absolute atomic E-state index is 0.158. The molecule has 110 valence electrons. The largest absolute Gasteiger partial charge is 0.394 e. The van der Waals surface area contributed by atoms with Gasteiger partial charge in [-0.05, 0) is 46.6 Å². The molecule has 0 amide bonds. The Morgan fingerprint density at radius 2 is 2.11 bits per heavy atom. The van der Waals surface area contributed by atoms with Crippen LogP contribution in [0, 0.1) is 13.8 Å². The maximum Gasteiger partial charge on any atom is 0.0844 e. The number of hydrogen-bond acceptors (Lipinski definition) is 3. The van der Waals surface area contributed by atoms with Crippen molar-refractivity contribution in [3.8, 4) is 0 Å². The van der Waals surface area contributed by atoms with E-state index in [1.807, 2.05) is 18.5 Å². The number of nitrogens with one attached hydrogen (secondary N) is 1. The van der Waals surface area contributed by atoms with Crippen LogP contribution in [0.15, 0.2) is 0 Å². The molecule has 2 N–H and O–H groups in total. The Balaban J connectivity index is 2.50. The van der Waals surface area contributed by atoms with Gasteiger partial charge in [-0.2, -0.15) is 5.10 Å². The summed E-state index contributed by atoms with van der Waals surface area (Å²) in [7, 11) is 0. The van der Waals surface area contributed by atoms with Crippen LogP contribution in [-0.2, 0) is 6.54 Å². The molecule has 0 saturated carbocycles. The predicted molar refractivity (Wildman–Crippen MR) is 79.7 cm³/mol. The van der Waals surface area contributed by atoms with E-state index < -0.39 is 0 Å². The van der Waals surface area contributed by atoms with Crippen molar-refractivity contribution >= 4 is 11.6 Å². The highest BCUT2D eigenvalue weighted by molar-refractivity contribution is 6.31. The molecule has 0 aromatic carbocycles. The molecule has 1 aromatic heterocycles. The molecule has 0 radical (unpaired) electrons. The van der Waals surface area contributed by atoms with Gasteiger partial charge in [0.15, 0.2) is 0 Å². The van der Waals surface area contributed by atoms with E-state index in [0.29, 0.717) is 0 Å². The summed E-state index contributed by atoms with van der Waals surface area (Å²) in [6.45, 7) is 10.0. The Morgan fingerprint density at radius 1 is 1.42 bits per heavy atom. The minimum atomic E-state index is -0.199. The lowest BCUT2D eigenvalue weighted by Gasteiger charge is -2.29. The van der Waals surface area contributed by atoms with Crippen molar-refractivity contribution in [2.24, 2.45) is 0 Å². The fourth-order valence-electron chi connectivity index (χ4n) is 2.16. The van der Waals surface area contributed by atoms with E-state index >= 15 is 0 Å². The zero-order valence-electron chi connectivity index (χ0n) is 12.5. The van der Waals surface area contributed by atoms with E-state index in [9.17, 15) is 5.11 Å². The highest BCUT2D eigenvalue weighted by atomic mass is 35.5. The average Bonchev–Trinajstić information content (AvgIpc) is 2.64. The van der Waals surface area contributed by atoms with Gasteiger partial charge < -0.3 is 10.4 Å². The van der Waals surface area contributed by atoms with Gasteiger partial charge in [0, 0.05) is 12.1 Å². The second-order valence-corrected chi connectivity index (χ2v) is 5.84. The average molecular weight is 288 g/mol. The van der Waals surface area contributed by atoms with Crippen LogP contribution in [-0.4, -0.2) is 33.6 Å². The molecule has 0 bridgehead atoms. The fraction of sp³-hybridized carbons (Fsp3) is 0.786. The molecular weight excluding hydrogens is 262 g/mol. The van der Waals surface area contributed by atoms with Crippen molar-refractivity contribution in [1.82, 2.24) is 15.1 Å². The summed E-state index contributed by atoms with van der Waals surface area (Å²) in [5.74, 6) is 0. The standard InChI is InChI=1S/C14H26ClN3O/c1-5-8-16-14(4,10-19)7-6-9-18-12(3)13(15)11(2)17-18/h16,19H,5-10H2,1-4H3. The van der Waals surface area contributed by atoms with Crippen molar-refractivity contribution in [2.75, 3.05) is 13.2 Å². The van der Waals surface area contributed by atoms with Gasteiger partial charge in [0.2, 0.25) is 0 Å². The molecule has 0 aliphatic carbocycles. The fourth-order valence-corrected chi connectivity index (χ4v) is 2.30. The van der Waals surface area contributed by atoms with E-state index in [-0.39, 0.29) is 12.1 Å². The van der Waals surface area contributed by atoms with E-state index in [4.69, 9.17) is 11.6 Å². The summed E-state index contributed by atoms with van der Waals surface area (Å²) in [6, 6.07) is 0. The Hall–Kier alpha value is -0.580. The maximum atomic E-state index is 9.51. The van der Waals surface area contributed by atoms with Crippen molar-refractivity contribution in [2.45, 2.75) is 59.0 Å². The predicted octanol–water partition coefficient (Wildman–Crippen LogP) is 2.68. The second kappa shape index (κ2) is 7.27. The van der Waals surface area contributed by atoms with Crippen LogP contribution in [0.5, 0.6) is 0 Å². The van der Waals surface area contributed by atoms with Gasteiger partial charge in [0.1, 0.15) is 0 Å². The molecule has 4 nitrogen and oxygen atoms in total. The first kappa shape index (κ1) is 16.5. The molecule has 19 heavy (non-hydrogen) atoms. The van der Waals surface area contributed by atoms with Crippen molar-refractivity contribution in [1.29, 1.82) is 0 Å². The molecular formula is C14H26ClN3O. The van der Waals surface area contributed by atoms with Crippen molar-refractivity contribution < 1.29 is 5.11 Å². The molecule has 0 saturated heterocycles. The Bertz CT molecular complexity index is 406. The van der Waals surface area contributed by atoms with Gasteiger partial charge in [-0.1, -0.05) is 18.5 Å². The Morgan fingerprint density at radius 3 is 2.58 bits per heavy atom. The second-order valence-electron chi connectivity index (χ2n) is 5.46. The summed E-state index contributed by atoms with van der Waals surface area (Å²) in [6.07, 6.45) is 2.95. The third-order valence-corrected chi connectivity index (χ3v) is 4.09. The van der Waals surface area contributed by atoms with Gasteiger partial charge in [0.05, 0.1) is 23.0 Å². The zero-order valence-corrected chi connectivity index (χ0v) is 13.2. The first-order valence-electron chi connectivity index (χ1n) is 6.99. The summed E-state index contributed by atoms with van der Waals surface area (Å²) < 4.78 is 1.95. The third-order valence-electron chi connectivity index (χ3n) is 3.54. The third kappa shape index (κ3) is 4.48. The molecule has 1 heterocycles. The van der Waals surface area contributed by atoms with Crippen molar-refractivity contribution in [3.05, 3.63) is 16.4 Å². The SMILES string of the molecule is CCCNC(C)(CO)CCCn1nc(C)c(Cl)c1C. The number of aliphatic hydroxyl groups excluding tert-OH is 1. The molecule has 0 fully saturated rings. The molecule has 1 rings (SSSR count). The highest BCUT2D eigenvalue weighted by Gasteiger charge is 2.21. The number of aromatic nitrogens is 2. The monoisotopic (exact) mass is 287 g/mol.